The molecule has 2 aliphatic heterocycles. The number of hydrogen-bond donors (Lipinski definition) is 0. The molecule has 31 heavy (non-hydrogen) atoms. The lowest BCUT2D eigenvalue weighted by Gasteiger charge is -2.28. The van der Waals surface area contributed by atoms with Crippen LogP contribution >= 0.6 is 0 Å². The van der Waals surface area contributed by atoms with Crippen molar-refractivity contribution in [2.75, 3.05) is 33.9 Å². The van der Waals surface area contributed by atoms with Crippen LogP contribution < -0.4 is 9.47 Å². The Labute approximate surface area is 179 Å². The number of halogens is 3. The Morgan fingerprint density at radius 1 is 1.23 bits per heavy atom. The van der Waals surface area contributed by atoms with Crippen molar-refractivity contribution in [1.29, 1.82) is 0 Å². The summed E-state index contributed by atoms with van der Waals surface area (Å²) in [5.74, 6) is 0.731. The van der Waals surface area contributed by atoms with Gasteiger partial charge in [-0.25, -0.2) is 4.68 Å². The average Bonchev–Trinajstić information content (AvgIpc) is 3.10. The van der Waals surface area contributed by atoms with Crippen molar-refractivity contribution in [1.82, 2.24) is 14.7 Å². The van der Waals surface area contributed by atoms with E-state index in [1.807, 2.05) is 6.92 Å². The summed E-state index contributed by atoms with van der Waals surface area (Å²) in [6.07, 6.45) is -1.76. The second-order valence-corrected chi connectivity index (χ2v) is 8.41. The zero-order chi connectivity index (χ0) is 22.2. The van der Waals surface area contributed by atoms with E-state index in [2.05, 4.69) is 17.0 Å². The minimum Gasteiger partial charge on any atom is -0.496 e. The van der Waals surface area contributed by atoms with Crippen LogP contribution in [0.3, 0.4) is 0 Å². The molecule has 1 saturated heterocycles. The SMILES string of the molecule is COc1cc(-n2nc(OCC3CCN(C)CC3)c3c2C[C@@H](C)OC3)ccc1C(F)(F)F. The van der Waals surface area contributed by atoms with Gasteiger partial charge >= 0.3 is 6.18 Å². The van der Waals surface area contributed by atoms with Gasteiger partial charge < -0.3 is 19.1 Å². The zero-order valence-electron chi connectivity index (χ0n) is 18.0. The van der Waals surface area contributed by atoms with Gasteiger partial charge in [0.05, 0.1) is 48.9 Å². The maximum atomic E-state index is 13.3. The summed E-state index contributed by atoms with van der Waals surface area (Å²) < 4.78 is 58.4. The second kappa shape index (κ2) is 8.70. The molecule has 2 aliphatic rings. The van der Waals surface area contributed by atoms with E-state index in [0.717, 1.165) is 43.3 Å². The summed E-state index contributed by atoms with van der Waals surface area (Å²) in [6.45, 7) is 5.01. The van der Waals surface area contributed by atoms with Gasteiger partial charge in [0.2, 0.25) is 5.88 Å². The van der Waals surface area contributed by atoms with Crippen molar-refractivity contribution < 1.29 is 27.4 Å². The van der Waals surface area contributed by atoms with Crippen LogP contribution in [0.4, 0.5) is 13.2 Å². The molecular formula is C22H28F3N3O3. The van der Waals surface area contributed by atoms with E-state index in [-0.39, 0.29) is 11.9 Å². The normalized spacial score (nSPS) is 20.5. The Kier molecular flexibility index (Phi) is 6.16. The first-order valence-corrected chi connectivity index (χ1v) is 10.6. The molecule has 0 radical (unpaired) electrons. The molecule has 3 heterocycles. The van der Waals surface area contributed by atoms with Crippen molar-refractivity contribution >= 4 is 0 Å². The minimum absolute atomic E-state index is 0.0129. The van der Waals surface area contributed by atoms with Crippen molar-refractivity contribution in [3.8, 4) is 17.3 Å². The summed E-state index contributed by atoms with van der Waals surface area (Å²) in [4.78, 5) is 2.31. The molecule has 0 aliphatic carbocycles. The number of methoxy groups -OCH3 is 1. The largest absolute Gasteiger partial charge is 0.496 e. The molecule has 0 amide bonds. The Morgan fingerprint density at radius 3 is 2.65 bits per heavy atom. The van der Waals surface area contributed by atoms with E-state index in [1.54, 1.807) is 4.68 Å². The van der Waals surface area contributed by atoms with E-state index in [9.17, 15) is 13.2 Å². The number of piperidine rings is 1. The quantitative estimate of drug-likeness (QED) is 0.703. The van der Waals surface area contributed by atoms with Gasteiger partial charge in [-0.05, 0) is 58.0 Å². The van der Waals surface area contributed by atoms with Crippen LogP contribution in [-0.4, -0.2) is 54.6 Å². The van der Waals surface area contributed by atoms with Gasteiger partial charge in [0.15, 0.2) is 0 Å². The second-order valence-electron chi connectivity index (χ2n) is 8.41. The van der Waals surface area contributed by atoms with Crippen molar-refractivity contribution in [3.05, 3.63) is 35.0 Å². The smallest absolute Gasteiger partial charge is 0.419 e. The van der Waals surface area contributed by atoms with Gasteiger partial charge in [0.25, 0.3) is 0 Å². The summed E-state index contributed by atoms with van der Waals surface area (Å²) >= 11 is 0. The molecule has 9 heteroatoms. The molecule has 0 N–H and O–H groups in total. The molecule has 2 aromatic rings. The number of aromatic nitrogens is 2. The van der Waals surface area contributed by atoms with E-state index < -0.39 is 11.7 Å². The van der Waals surface area contributed by atoms with Gasteiger partial charge in [-0.2, -0.15) is 13.2 Å². The lowest BCUT2D eigenvalue weighted by atomic mass is 9.98. The third-order valence-corrected chi connectivity index (χ3v) is 6.07. The molecule has 4 rings (SSSR count). The predicted molar refractivity (Wildman–Crippen MR) is 109 cm³/mol. The summed E-state index contributed by atoms with van der Waals surface area (Å²) in [5.41, 5.74) is 1.46. The highest BCUT2D eigenvalue weighted by atomic mass is 19.4. The maximum Gasteiger partial charge on any atom is 0.419 e. The van der Waals surface area contributed by atoms with Crippen molar-refractivity contribution in [3.63, 3.8) is 0 Å². The molecule has 0 unspecified atom stereocenters. The number of hydrogen-bond acceptors (Lipinski definition) is 5. The van der Waals surface area contributed by atoms with Crippen LogP contribution in [0.5, 0.6) is 11.6 Å². The number of nitrogens with zero attached hydrogens (tertiary/aromatic N) is 3. The number of likely N-dealkylation sites (tertiary alicyclic amines) is 1. The first-order chi connectivity index (χ1) is 14.8. The van der Waals surface area contributed by atoms with Gasteiger partial charge in [-0.15, -0.1) is 5.10 Å². The van der Waals surface area contributed by atoms with Crippen LogP contribution in [-0.2, 0) is 23.9 Å². The predicted octanol–water partition coefficient (Wildman–Crippen LogP) is 4.08. The summed E-state index contributed by atoms with van der Waals surface area (Å²) in [5, 5.41) is 4.63. The van der Waals surface area contributed by atoms with Crippen LogP contribution in [0.15, 0.2) is 18.2 Å². The number of rotatable bonds is 5. The van der Waals surface area contributed by atoms with Gasteiger partial charge in [-0.3, -0.25) is 0 Å². The highest BCUT2D eigenvalue weighted by molar-refractivity contribution is 5.48. The maximum absolute atomic E-state index is 13.3. The van der Waals surface area contributed by atoms with E-state index in [0.29, 0.717) is 37.1 Å². The number of benzene rings is 1. The Morgan fingerprint density at radius 2 is 1.97 bits per heavy atom. The fraction of sp³-hybridized carbons (Fsp3) is 0.591. The summed E-state index contributed by atoms with van der Waals surface area (Å²) in [7, 11) is 3.35. The first kappa shape index (κ1) is 22.0. The number of fused-ring (bicyclic) bond motifs is 1. The standard InChI is InChI=1S/C22H28F3N3O3/c1-14-10-19-17(13-30-14)21(31-12-15-6-8-27(2)9-7-15)26-28(19)16-4-5-18(22(23,24)25)20(11-16)29-3/h4-5,11,14-15H,6-10,12-13H2,1-3H3/t14-/m1/s1. The molecule has 1 aromatic carbocycles. The third kappa shape index (κ3) is 4.67. The number of ether oxygens (including phenoxy) is 3. The van der Waals surface area contributed by atoms with E-state index in [1.165, 1.54) is 19.2 Å². The Balaban J connectivity index is 1.63. The third-order valence-electron chi connectivity index (χ3n) is 6.07. The molecule has 6 nitrogen and oxygen atoms in total. The van der Waals surface area contributed by atoms with Crippen LogP contribution in [0.25, 0.3) is 5.69 Å². The monoisotopic (exact) mass is 439 g/mol. The fourth-order valence-electron chi connectivity index (χ4n) is 4.18. The highest BCUT2D eigenvalue weighted by Crippen LogP contribution is 2.38. The molecular weight excluding hydrogens is 411 g/mol. The van der Waals surface area contributed by atoms with Crippen molar-refractivity contribution in [2.45, 2.75) is 45.1 Å². The lowest BCUT2D eigenvalue weighted by molar-refractivity contribution is -0.138. The lowest BCUT2D eigenvalue weighted by Crippen LogP contribution is -2.32. The first-order valence-electron chi connectivity index (χ1n) is 10.6. The van der Waals surface area contributed by atoms with Crippen molar-refractivity contribution in [2.24, 2.45) is 5.92 Å². The molecule has 0 spiro atoms. The Hall–Kier alpha value is -2.26. The Bertz CT molecular complexity index is 921. The van der Waals surface area contributed by atoms with Crippen LogP contribution in [0.2, 0.25) is 0 Å². The molecule has 0 bridgehead atoms. The van der Waals surface area contributed by atoms with Crippen LogP contribution in [0.1, 0.15) is 36.6 Å². The number of alkyl halides is 3. The van der Waals surface area contributed by atoms with E-state index >= 15 is 0 Å². The van der Waals surface area contributed by atoms with Gasteiger partial charge in [0.1, 0.15) is 5.75 Å². The minimum atomic E-state index is -4.49. The summed E-state index contributed by atoms with van der Waals surface area (Å²) in [6, 6.07) is 3.82. The highest BCUT2D eigenvalue weighted by Gasteiger charge is 2.35. The molecule has 170 valence electrons. The molecule has 1 aromatic heterocycles. The van der Waals surface area contributed by atoms with E-state index in [4.69, 9.17) is 14.2 Å². The van der Waals surface area contributed by atoms with Gasteiger partial charge in [-0.1, -0.05) is 0 Å². The average molecular weight is 439 g/mol. The topological polar surface area (TPSA) is 48.8 Å². The molecule has 0 saturated carbocycles. The fourth-order valence-corrected chi connectivity index (χ4v) is 4.18. The van der Waals surface area contributed by atoms with Gasteiger partial charge in [0, 0.05) is 12.5 Å². The van der Waals surface area contributed by atoms with Crippen LogP contribution in [0, 0.1) is 5.92 Å². The molecule has 1 fully saturated rings. The zero-order valence-corrected chi connectivity index (χ0v) is 18.0. The molecule has 1 atom stereocenters.